The summed E-state index contributed by atoms with van der Waals surface area (Å²) in [6.07, 6.45) is 11.9. The molecule has 2 nitrogen and oxygen atoms in total. The molecule has 1 N–H and O–H groups in total. The molecule has 0 bridgehead atoms. The summed E-state index contributed by atoms with van der Waals surface area (Å²) in [7, 11) is 0. The lowest BCUT2D eigenvalue weighted by Gasteiger charge is -2.27. The van der Waals surface area contributed by atoms with E-state index in [1.807, 2.05) is 0 Å². The van der Waals surface area contributed by atoms with Gasteiger partial charge in [-0.15, -0.1) is 0 Å². The summed E-state index contributed by atoms with van der Waals surface area (Å²) in [6.45, 7) is 7.98. The molecule has 0 amide bonds. The normalized spacial score (nSPS) is 26.2. The van der Waals surface area contributed by atoms with E-state index in [1.54, 1.807) is 0 Å². The average molecular weight is 255 g/mol. The van der Waals surface area contributed by atoms with Crippen molar-refractivity contribution in [1.29, 1.82) is 0 Å². The first-order valence-electron chi connectivity index (χ1n) is 8.15. The second-order valence-electron chi connectivity index (χ2n) is 6.08. The van der Waals surface area contributed by atoms with Crippen LogP contribution in [0.3, 0.4) is 0 Å². The smallest absolute Gasteiger partial charge is 0.0660 e. The minimum absolute atomic E-state index is 0.352. The van der Waals surface area contributed by atoms with Crippen molar-refractivity contribution in [1.82, 2.24) is 4.90 Å². The maximum Gasteiger partial charge on any atom is 0.0660 e. The largest absolute Gasteiger partial charge is 0.390 e. The fraction of sp³-hybridized carbons (Fsp3) is 1.00. The average Bonchev–Trinajstić information content (AvgIpc) is 2.53. The van der Waals surface area contributed by atoms with E-state index in [-0.39, 0.29) is 5.60 Å². The lowest BCUT2D eigenvalue weighted by Crippen LogP contribution is -2.31. The van der Waals surface area contributed by atoms with E-state index < -0.39 is 0 Å². The van der Waals surface area contributed by atoms with Gasteiger partial charge in [-0.3, -0.25) is 0 Å². The van der Waals surface area contributed by atoms with Crippen LogP contribution in [0, 0.1) is 0 Å². The Morgan fingerprint density at radius 2 is 1.72 bits per heavy atom. The monoisotopic (exact) mass is 255 g/mol. The third-order valence-corrected chi connectivity index (χ3v) is 4.30. The van der Waals surface area contributed by atoms with Gasteiger partial charge < -0.3 is 10.0 Å². The molecule has 0 aliphatic carbocycles. The Bertz CT molecular complexity index is 207. The van der Waals surface area contributed by atoms with Crippen LogP contribution >= 0.6 is 0 Å². The molecule has 18 heavy (non-hydrogen) atoms. The molecule has 1 aliphatic rings. The van der Waals surface area contributed by atoms with Crippen molar-refractivity contribution in [2.24, 2.45) is 0 Å². The molecule has 1 unspecified atom stereocenters. The van der Waals surface area contributed by atoms with E-state index in [9.17, 15) is 5.11 Å². The number of hydrogen-bond donors (Lipinski definition) is 1. The van der Waals surface area contributed by atoms with E-state index >= 15 is 0 Å². The van der Waals surface area contributed by atoms with Crippen molar-refractivity contribution in [3.05, 3.63) is 0 Å². The second-order valence-corrected chi connectivity index (χ2v) is 6.08. The molecule has 0 saturated carbocycles. The third-order valence-electron chi connectivity index (χ3n) is 4.30. The topological polar surface area (TPSA) is 23.5 Å². The lowest BCUT2D eigenvalue weighted by molar-refractivity contribution is 0.0145. The Hall–Kier alpha value is -0.0800. The highest BCUT2D eigenvalue weighted by Gasteiger charge is 2.29. The Morgan fingerprint density at radius 3 is 2.44 bits per heavy atom. The van der Waals surface area contributed by atoms with Crippen molar-refractivity contribution in [3.63, 3.8) is 0 Å². The zero-order chi connectivity index (χ0) is 13.3. The van der Waals surface area contributed by atoms with Gasteiger partial charge >= 0.3 is 0 Å². The maximum atomic E-state index is 10.7. The minimum Gasteiger partial charge on any atom is -0.390 e. The fourth-order valence-electron chi connectivity index (χ4n) is 3.08. The number of rotatable bonds is 8. The molecule has 0 radical (unpaired) electrons. The highest BCUT2D eigenvalue weighted by molar-refractivity contribution is 4.83. The van der Waals surface area contributed by atoms with Gasteiger partial charge in [-0.1, -0.05) is 46.0 Å². The predicted molar refractivity (Wildman–Crippen MR) is 78.9 cm³/mol. The zero-order valence-corrected chi connectivity index (χ0v) is 12.6. The van der Waals surface area contributed by atoms with E-state index in [0.29, 0.717) is 0 Å². The number of nitrogens with zero attached hydrogens (tertiary/aromatic N) is 1. The Morgan fingerprint density at radius 1 is 0.944 bits per heavy atom. The molecule has 1 rings (SSSR count). The van der Waals surface area contributed by atoms with E-state index in [2.05, 4.69) is 18.7 Å². The lowest BCUT2D eigenvalue weighted by atomic mass is 9.89. The summed E-state index contributed by atoms with van der Waals surface area (Å²) in [5.41, 5.74) is -0.352. The van der Waals surface area contributed by atoms with Crippen molar-refractivity contribution in [3.8, 4) is 0 Å². The van der Waals surface area contributed by atoms with Crippen molar-refractivity contribution in [2.45, 2.75) is 83.7 Å². The standard InChI is InChI=1S/C16H33NO/c1-3-5-6-7-8-10-16(18)11-9-14-17(13-4-2)15-12-16/h18H,3-15H2,1-2H3. The Labute approximate surface area is 114 Å². The highest BCUT2D eigenvalue weighted by atomic mass is 16.3. The fourth-order valence-corrected chi connectivity index (χ4v) is 3.08. The molecule has 1 atom stereocenters. The molecule has 108 valence electrons. The van der Waals surface area contributed by atoms with Gasteiger partial charge in [0.05, 0.1) is 5.60 Å². The number of unbranched alkanes of at least 4 members (excludes halogenated alkanes) is 4. The molecule has 1 saturated heterocycles. The van der Waals surface area contributed by atoms with Gasteiger partial charge in [-0.25, -0.2) is 0 Å². The Balaban J connectivity index is 2.21. The first-order valence-corrected chi connectivity index (χ1v) is 8.15. The van der Waals surface area contributed by atoms with Gasteiger partial charge in [-0.2, -0.15) is 0 Å². The first-order chi connectivity index (χ1) is 8.70. The van der Waals surface area contributed by atoms with Gasteiger partial charge in [0.1, 0.15) is 0 Å². The maximum absolute atomic E-state index is 10.7. The summed E-state index contributed by atoms with van der Waals surface area (Å²) < 4.78 is 0. The second kappa shape index (κ2) is 8.92. The van der Waals surface area contributed by atoms with Crippen LogP contribution in [0.2, 0.25) is 0 Å². The molecular formula is C16H33NO. The molecule has 1 fully saturated rings. The minimum atomic E-state index is -0.352. The van der Waals surface area contributed by atoms with Crippen molar-refractivity contribution < 1.29 is 5.11 Å². The van der Waals surface area contributed by atoms with Gasteiger partial charge in [0.15, 0.2) is 0 Å². The van der Waals surface area contributed by atoms with E-state index in [0.717, 1.165) is 25.8 Å². The molecule has 2 heteroatoms. The number of hydrogen-bond acceptors (Lipinski definition) is 2. The number of aliphatic hydroxyl groups is 1. The molecular weight excluding hydrogens is 222 g/mol. The zero-order valence-electron chi connectivity index (χ0n) is 12.6. The summed E-state index contributed by atoms with van der Waals surface area (Å²) in [5.74, 6) is 0. The summed E-state index contributed by atoms with van der Waals surface area (Å²) in [6, 6.07) is 0. The molecule has 1 aliphatic heterocycles. The van der Waals surface area contributed by atoms with Crippen molar-refractivity contribution >= 4 is 0 Å². The van der Waals surface area contributed by atoms with Crippen LogP contribution in [0.25, 0.3) is 0 Å². The van der Waals surface area contributed by atoms with Gasteiger partial charge in [-0.05, 0) is 45.2 Å². The quantitative estimate of drug-likeness (QED) is 0.663. The highest BCUT2D eigenvalue weighted by Crippen LogP contribution is 2.28. The molecule has 0 spiro atoms. The third kappa shape index (κ3) is 6.19. The Kier molecular flexibility index (Phi) is 7.92. The van der Waals surface area contributed by atoms with Crippen LogP contribution in [0.4, 0.5) is 0 Å². The van der Waals surface area contributed by atoms with Crippen LogP contribution in [-0.4, -0.2) is 35.2 Å². The van der Waals surface area contributed by atoms with Crippen LogP contribution < -0.4 is 0 Å². The van der Waals surface area contributed by atoms with Crippen LogP contribution in [-0.2, 0) is 0 Å². The van der Waals surface area contributed by atoms with Crippen LogP contribution in [0.5, 0.6) is 0 Å². The van der Waals surface area contributed by atoms with Gasteiger partial charge in [0.2, 0.25) is 0 Å². The summed E-state index contributed by atoms with van der Waals surface area (Å²) >= 11 is 0. The van der Waals surface area contributed by atoms with Crippen LogP contribution in [0.15, 0.2) is 0 Å². The first kappa shape index (κ1) is 16.0. The van der Waals surface area contributed by atoms with Crippen LogP contribution in [0.1, 0.15) is 78.1 Å². The van der Waals surface area contributed by atoms with E-state index in [4.69, 9.17) is 0 Å². The number of likely N-dealkylation sites (tertiary alicyclic amines) is 1. The van der Waals surface area contributed by atoms with E-state index in [1.165, 1.54) is 58.0 Å². The summed E-state index contributed by atoms with van der Waals surface area (Å²) in [4.78, 5) is 2.52. The van der Waals surface area contributed by atoms with Crippen molar-refractivity contribution in [2.75, 3.05) is 19.6 Å². The molecule has 0 aromatic carbocycles. The predicted octanol–water partition coefficient (Wildman–Crippen LogP) is 3.97. The molecule has 0 aromatic rings. The van der Waals surface area contributed by atoms with Gasteiger partial charge in [0, 0.05) is 6.54 Å². The molecule has 0 aromatic heterocycles. The van der Waals surface area contributed by atoms with Gasteiger partial charge in [0.25, 0.3) is 0 Å². The molecule has 1 heterocycles. The summed E-state index contributed by atoms with van der Waals surface area (Å²) in [5, 5.41) is 10.7. The SMILES string of the molecule is CCCCCCCC1(O)CCCN(CCC)CC1.